The standard InChI is InChI=1S/C11H19N3/c1-9(10-4-7-13-14-10)12-8-11(2)5-3-6-11/h4,7,9,12H,3,5-6,8H2,1-2H3,(H,13,14). The van der Waals surface area contributed by atoms with E-state index < -0.39 is 0 Å². The number of H-pyrrole nitrogens is 1. The van der Waals surface area contributed by atoms with Gasteiger partial charge in [0.15, 0.2) is 0 Å². The number of rotatable bonds is 4. The van der Waals surface area contributed by atoms with E-state index in [0.717, 1.165) is 6.54 Å². The van der Waals surface area contributed by atoms with Crippen LogP contribution in [0.1, 0.15) is 44.8 Å². The second kappa shape index (κ2) is 3.73. The lowest BCUT2D eigenvalue weighted by Gasteiger charge is -2.39. The zero-order valence-corrected chi connectivity index (χ0v) is 9.01. The number of nitrogens with one attached hydrogen (secondary N) is 2. The first-order valence-corrected chi connectivity index (χ1v) is 5.42. The number of hydrogen-bond donors (Lipinski definition) is 2. The quantitative estimate of drug-likeness (QED) is 0.770. The van der Waals surface area contributed by atoms with Crippen molar-refractivity contribution in [1.82, 2.24) is 15.5 Å². The molecular formula is C11H19N3. The van der Waals surface area contributed by atoms with E-state index in [1.165, 1.54) is 25.0 Å². The Morgan fingerprint density at radius 1 is 1.64 bits per heavy atom. The molecule has 1 atom stereocenters. The van der Waals surface area contributed by atoms with E-state index in [0.29, 0.717) is 11.5 Å². The molecule has 1 saturated carbocycles. The van der Waals surface area contributed by atoms with Crippen LogP contribution in [0.4, 0.5) is 0 Å². The minimum Gasteiger partial charge on any atom is -0.308 e. The lowest BCUT2D eigenvalue weighted by Crippen LogP contribution is -2.38. The molecule has 1 aliphatic carbocycles. The lowest BCUT2D eigenvalue weighted by atomic mass is 9.70. The summed E-state index contributed by atoms with van der Waals surface area (Å²) in [6, 6.07) is 2.41. The summed E-state index contributed by atoms with van der Waals surface area (Å²) in [6.07, 6.45) is 5.95. The molecule has 3 nitrogen and oxygen atoms in total. The number of aromatic amines is 1. The van der Waals surface area contributed by atoms with E-state index in [1.807, 2.05) is 6.07 Å². The fourth-order valence-corrected chi connectivity index (χ4v) is 1.97. The molecule has 0 aromatic carbocycles. The van der Waals surface area contributed by atoms with Crippen molar-refractivity contribution >= 4 is 0 Å². The van der Waals surface area contributed by atoms with Crippen LogP contribution in [-0.4, -0.2) is 16.7 Å². The highest BCUT2D eigenvalue weighted by atomic mass is 15.1. The minimum atomic E-state index is 0.384. The molecular weight excluding hydrogens is 174 g/mol. The summed E-state index contributed by atoms with van der Waals surface area (Å²) in [6.45, 7) is 5.66. The molecule has 78 valence electrons. The third-order valence-corrected chi connectivity index (χ3v) is 3.38. The van der Waals surface area contributed by atoms with Crippen LogP contribution in [0.2, 0.25) is 0 Å². The first-order chi connectivity index (χ1) is 6.70. The predicted molar refractivity (Wildman–Crippen MR) is 57.0 cm³/mol. The van der Waals surface area contributed by atoms with Gasteiger partial charge in [-0.25, -0.2) is 0 Å². The van der Waals surface area contributed by atoms with Gasteiger partial charge in [0.25, 0.3) is 0 Å². The minimum absolute atomic E-state index is 0.384. The normalized spacial score (nSPS) is 21.6. The second-order valence-electron chi connectivity index (χ2n) is 4.78. The van der Waals surface area contributed by atoms with E-state index in [4.69, 9.17) is 0 Å². The van der Waals surface area contributed by atoms with E-state index in [1.54, 1.807) is 6.20 Å². The Kier molecular flexibility index (Phi) is 2.59. The van der Waals surface area contributed by atoms with Gasteiger partial charge >= 0.3 is 0 Å². The third-order valence-electron chi connectivity index (χ3n) is 3.38. The van der Waals surface area contributed by atoms with Gasteiger partial charge in [0.2, 0.25) is 0 Å². The fraction of sp³-hybridized carbons (Fsp3) is 0.727. The Labute approximate surface area is 85.3 Å². The number of nitrogens with zero attached hydrogens (tertiary/aromatic N) is 1. The molecule has 1 aromatic rings. The molecule has 1 heterocycles. The van der Waals surface area contributed by atoms with Crippen molar-refractivity contribution < 1.29 is 0 Å². The van der Waals surface area contributed by atoms with E-state index in [-0.39, 0.29) is 0 Å². The van der Waals surface area contributed by atoms with Crippen LogP contribution < -0.4 is 5.32 Å². The molecule has 2 rings (SSSR count). The van der Waals surface area contributed by atoms with Gasteiger partial charge in [0.1, 0.15) is 0 Å². The molecule has 0 amide bonds. The van der Waals surface area contributed by atoms with Crippen LogP contribution in [0.15, 0.2) is 12.3 Å². The monoisotopic (exact) mass is 193 g/mol. The summed E-state index contributed by atoms with van der Waals surface area (Å²) in [5.41, 5.74) is 1.72. The molecule has 0 spiro atoms. The van der Waals surface area contributed by atoms with Crippen LogP contribution in [-0.2, 0) is 0 Å². The largest absolute Gasteiger partial charge is 0.308 e. The van der Waals surface area contributed by atoms with Crippen molar-refractivity contribution in [2.45, 2.75) is 39.2 Å². The van der Waals surface area contributed by atoms with Crippen LogP contribution in [0.25, 0.3) is 0 Å². The molecule has 14 heavy (non-hydrogen) atoms. The zero-order valence-electron chi connectivity index (χ0n) is 9.01. The molecule has 1 unspecified atom stereocenters. The third kappa shape index (κ3) is 1.98. The predicted octanol–water partition coefficient (Wildman–Crippen LogP) is 2.25. The molecule has 0 saturated heterocycles. The van der Waals surface area contributed by atoms with Crippen LogP contribution >= 0.6 is 0 Å². The lowest BCUT2D eigenvalue weighted by molar-refractivity contribution is 0.151. The average molecular weight is 193 g/mol. The van der Waals surface area contributed by atoms with Gasteiger partial charge in [-0.2, -0.15) is 5.10 Å². The van der Waals surface area contributed by atoms with Crippen LogP contribution in [0, 0.1) is 5.41 Å². The number of aromatic nitrogens is 2. The average Bonchev–Trinajstić information content (AvgIpc) is 2.63. The molecule has 0 bridgehead atoms. The van der Waals surface area contributed by atoms with E-state index in [9.17, 15) is 0 Å². The SMILES string of the molecule is CC(NCC1(C)CCC1)c1ccn[nH]1. The van der Waals surface area contributed by atoms with Gasteiger partial charge in [0.05, 0.1) is 5.69 Å². The topological polar surface area (TPSA) is 40.7 Å². The molecule has 2 N–H and O–H groups in total. The molecule has 1 aliphatic rings. The number of hydrogen-bond acceptors (Lipinski definition) is 2. The van der Waals surface area contributed by atoms with Crippen molar-refractivity contribution in [2.75, 3.05) is 6.54 Å². The van der Waals surface area contributed by atoms with Gasteiger partial charge in [-0.05, 0) is 31.2 Å². The van der Waals surface area contributed by atoms with Gasteiger partial charge in [0, 0.05) is 18.8 Å². The Bertz CT molecular complexity index is 275. The van der Waals surface area contributed by atoms with Gasteiger partial charge < -0.3 is 5.32 Å². The second-order valence-corrected chi connectivity index (χ2v) is 4.78. The molecule has 1 aromatic heterocycles. The van der Waals surface area contributed by atoms with Crippen molar-refractivity contribution in [2.24, 2.45) is 5.41 Å². The van der Waals surface area contributed by atoms with Crippen LogP contribution in [0.5, 0.6) is 0 Å². The fourth-order valence-electron chi connectivity index (χ4n) is 1.97. The van der Waals surface area contributed by atoms with Gasteiger partial charge in [-0.15, -0.1) is 0 Å². The first-order valence-electron chi connectivity index (χ1n) is 5.42. The van der Waals surface area contributed by atoms with E-state index in [2.05, 4.69) is 29.4 Å². The zero-order chi connectivity index (χ0) is 10.0. The Morgan fingerprint density at radius 2 is 2.43 bits per heavy atom. The first kappa shape index (κ1) is 9.71. The van der Waals surface area contributed by atoms with E-state index >= 15 is 0 Å². The Hall–Kier alpha value is -0.830. The van der Waals surface area contributed by atoms with Gasteiger partial charge in [-0.3, -0.25) is 5.10 Å². The summed E-state index contributed by atoms with van der Waals surface area (Å²) < 4.78 is 0. The maximum absolute atomic E-state index is 3.96. The Morgan fingerprint density at radius 3 is 2.93 bits per heavy atom. The molecule has 1 fully saturated rings. The van der Waals surface area contributed by atoms with Crippen molar-refractivity contribution in [3.63, 3.8) is 0 Å². The molecule has 0 radical (unpaired) electrons. The molecule has 0 aliphatic heterocycles. The highest BCUT2D eigenvalue weighted by Crippen LogP contribution is 2.39. The summed E-state index contributed by atoms with van der Waals surface area (Å²) in [7, 11) is 0. The van der Waals surface area contributed by atoms with Crippen LogP contribution in [0.3, 0.4) is 0 Å². The maximum atomic E-state index is 3.96. The van der Waals surface area contributed by atoms with Crippen molar-refractivity contribution in [3.05, 3.63) is 18.0 Å². The van der Waals surface area contributed by atoms with Crippen molar-refractivity contribution in [3.8, 4) is 0 Å². The summed E-state index contributed by atoms with van der Waals surface area (Å²) in [5, 5.41) is 10.5. The summed E-state index contributed by atoms with van der Waals surface area (Å²) >= 11 is 0. The maximum Gasteiger partial charge on any atom is 0.0518 e. The highest BCUT2D eigenvalue weighted by Gasteiger charge is 2.31. The molecule has 3 heteroatoms. The van der Waals surface area contributed by atoms with Gasteiger partial charge in [-0.1, -0.05) is 13.3 Å². The smallest absolute Gasteiger partial charge is 0.0518 e. The summed E-state index contributed by atoms with van der Waals surface area (Å²) in [4.78, 5) is 0. The Balaban J connectivity index is 1.80. The van der Waals surface area contributed by atoms with Crippen molar-refractivity contribution in [1.29, 1.82) is 0 Å². The summed E-state index contributed by atoms with van der Waals surface area (Å²) in [5.74, 6) is 0. The highest BCUT2D eigenvalue weighted by molar-refractivity contribution is 5.03.